The molecule has 17 heavy (non-hydrogen) atoms. The summed E-state index contributed by atoms with van der Waals surface area (Å²) in [7, 11) is 0. The number of carbonyl (C=O) groups excluding carboxylic acids is 1. The smallest absolute Gasteiger partial charge is 0.251 e. The molecule has 0 fully saturated rings. The maximum atomic E-state index is 11.8. The van der Waals surface area contributed by atoms with Crippen molar-refractivity contribution in [1.29, 1.82) is 0 Å². The molecule has 1 rings (SSSR count). The Balaban J connectivity index is 2.55. The molecule has 0 radical (unpaired) electrons. The van der Waals surface area contributed by atoms with Crippen molar-refractivity contribution < 1.29 is 4.79 Å². The van der Waals surface area contributed by atoms with Gasteiger partial charge in [0.2, 0.25) is 0 Å². The van der Waals surface area contributed by atoms with Crippen molar-refractivity contribution in [1.82, 2.24) is 10.6 Å². The van der Waals surface area contributed by atoms with Gasteiger partial charge >= 0.3 is 0 Å². The number of likely N-dealkylation sites (N-methyl/N-ethyl adjacent to an activating group) is 1. The highest BCUT2D eigenvalue weighted by Crippen LogP contribution is 2.19. The van der Waals surface area contributed by atoms with Crippen molar-refractivity contribution in [3.8, 4) is 0 Å². The highest BCUT2D eigenvalue weighted by molar-refractivity contribution is 14.1. The molecule has 1 atom stereocenters. The summed E-state index contributed by atoms with van der Waals surface area (Å²) in [4.78, 5) is 11.8. The van der Waals surface area contributed by atoms with E-state index in [0.29, 0.717) is 17.1 Å². The number of hydrogen-bond donors (Lipinski definition) is 2. The second kappa shape index (κ2) is 7.18. The minimum absolute atomic E-state index is 0.0654. The Morgan fingerprint density at radius 2 is 2.24 bits per heavy atom. The SMILES string of the molecule is CCN[C@H](C)CNC(=O)c1ccc(Cl)c(I)c1. The summed E-state index contributed by atoms with van der Waals surface area (Å²) >= 11 is 8.02. The molecule has 0 unspecified atom stereocenters. The van der Waals surface area contributed by atoms with Crippen LogP contribution in [0.15, 0.2) is 18.2 Å². The maximum absolute atomic E-state index is 11.8. The van der Waals surface area contributed by atoms with E-state index in [0.717, 1.165) is 10.1 Å². The van der Waals surface area contributed by atoms with Gasteiger partial charge in [0.25, 0.3) is 5.91 Å². The lowest BCUT2D eigenvalue weighted by atomic mass is 10.2. The zero-order valence-corrected chi connectivity index (χ0v) is 12.8. The van der Waals surface area contributed by atoms with Gasteiger partial charge in [-0.05, 0) is 54.3 Å². The van der Waals surface area contributed by atoms with Gasteiger partial charge in [-0.2, -0.15) is 0 Å². The van der Waals surface area contributed by atoms with Crippen LogP contribution in [-0.2, 0) is 0 Å². The average molecular weight is 367 g/mol. The number of rotatable bonds is 5. The van der Waals surface area contributed by atoms with Crippen molar-refractivity contribution in [2.24, 2.45) is 0 Å². The summed E-state index contributed by atoms with van der Waals surface area (Å²) in [5.41, 5.74) is 0.641. The third kappa shape index (κ3) is 4.81. The molecule has 1 aromatic carbocycles. The standard InChI is InChI=1S/C12H16ClIN2O/c1-3-15-8(2)7-16-12(17)9-4-5-10(13)11(14)6-9/h4-6,8,15H,3,7H2,1-2H3,(H,16,17)/t8-/m1/s1. The highest BCUT2D eigenvalue weighted by Gasteiger charge is 2.08. The van der Waals surface area contributed by atoms with E-state index >= 15 is 0 Å². The number of benzene rings is 1. The minimum atomic E-state index is -0.0654. The van der Waals surface area contributed by atoms with E-state index in [9.17, 15) is 4.79 Å². The number of carbonyl (C=O) groups is 1. The van der Waals surface area contributed by atoms with Crippen LogP contribution in [0.4, 0.5) is 0 Å². The number of amides is 1. The minimum Gasteiger partial charge on any atom is -0.350 e. The van der Waals surface area contributed by atoms with Gasteiger partial charge in [-0.25, -0.2) is 0 Å². The van der Waals surface area contributed by atoms with Crippen LogP contribution in [0.2, 0.25) is 5.02 Å². The molecule has 0 heterocycles. The second-order valence-corrected chi connectivity index (χ2v) is 5.37. The van der Waals surface area contributed by atoms with Crippen LogP contribution in [-0.4, -0.2) is 25.0 Å². The Labute approximate surface area is 120 Å². The zero-order chi connectivity index (χ0) is 12.8. The summed E-state index contributed by atoms with van der Waals surface area (Å²) in [6.07, 6.45) is 0. The largest absolute Gasteiger partial charge is 0.350 e. The monoisotopic (exact) mass is 366 g/mol. The van der Waals surface area contributed by atoms with Gasteiger partial charge in [-0.3, -0.25) is 4.79 Å². The van der Waals surface area contributed by atoms with Gasteiger partial charge in [0.05, 0.1) is 5.02 Å². The molecule has 0 spiro atoms. The predicted octanol–water partition coefficient (Wildman–Crippen LogP) is 2.67. The summed E-state index contributed by atoms with van der Waals surface area (Å²) in [6, 6.07) is 5.54. The molecule has 1 amide bonds. The van der Waals surface area contributed by atoms with Crippen molar-refractivity contribution >= 4 is 40.1 Å². The summed E-state index contributed by atoms with van der Waals surface area (Å²) < 4.78 is 0.886. The fraction of sp³-hybridized carbons (Fsp3) is 0.417. The lowest BCUT2D eigenvalue weighted by Gasteiger charge is -2.13. The lowest BCUT2D eigenvalue weighted by Crippen LogP contribution is -2.38. The van der Waals surface area contributed by atoms with Gasteiger partial charge in [0.1, 0.15) is 0 Å². The van der Waals surface area contributed by atoms with E-state index in [4.69, 9.17) is 11.6 Å². The Morgan fingerprint density at radius 3 is 2.82 bits per heavy atom. The topological polar surface area (TPSA) is 41.1 Å². The van der Waals surface area contributed by atoms with Crippen molar-refractivity contribution in [3.05, 3.63) is 32.4 Å². The highest BCUT2D eigenvalue weighted by atomic mass is 127. The van der Waals surface area contributed by atoms with E-state index in [2.05, 4.69) is 33.2 Å². The summed E-state index contributed by atoms with van der Waals surface area (Å²) in [5, 5.41) is 6.79. The fourth-order valence-electron chi connectivity index (χ4n) is 1.41. The normalized spacial score (nSPS) is 12.2. The van der Waals surface area contributed by atoms with Crippen molar-refractivity contribution in [2.75, 3.05) is 13.1 Å². The molecule has 0 aliphatic heterocycles. The number of hydrogen-bond acceptors (Lipinski definition) is 2. The molecule has 1 aromatic rings. The van der Waals surface area contributed by atoms with Crippen LogP contribution in [0.25, 0.3) is 0 Å². The molecule has 0 aliphatic rings. The van der Waals surface area contributed by atoms with Crippen LogP contribution in [0, 0.1) is 3.57 Å². The Bertz CT molecular complexity index is 398. The number of nitrogens with one attached hydrogen (secondary N) is 2. The van der Waals surface area contributed by atoms with Gasteiger partial charge in [-0.1, -0.05) is 18.5 Å². The number of halogens is 2. The first-order chi connectivity index (χ1) is 8.04. The second-order valence-electron chi connectivity index (χ2n) is 3.80. The molecular formula is C12H16ClIN2O. The molecule has 0 bridgehead atoms. The average Bonchev–Trinajstić information content (AvgIpc) is 2.30. The Kier molecular flexibility index (Phi) is 6.22. The fourth-order valence-corrected chi connectivity index (χ4v) is 2.04. The van der Waals surface area contributed by atoms with Crippen LogP contribution < -0.4 is 10.6 Å². The van der Waals surface area contributed by atoms with E-state index in [1.165, 1.54) is 0 Å². The van der Waals surface area contributed by atoms with Gasteiger partial charge in [0.15, 0.2) is 0 Å². The van der Waals surface area contributed by atoms with Crippen LogP contribution in [0.3, 0.4) is 0 Å². The third-order valence-corrected chi connectivity index (χ3v) is 3.84. The van der Waals surface area contributed by atoms with Crippen LogP contribution >= 0.6 is 34.2 Å². The molecule has 0 aliphatic carbocycles. The first kappa shape index (κ1) is 14.7. The van der Waals surface area contributed by atoms with Crippen molar-refractivity contribution in [3.63, 3.8) is 0 Å². The third-order valence-electron chi connectivity index (χ3n) is 2.30. The molecule has 94 valence electrons. The first-order valence-electron chi connectivity index (χ1n) is 5.51. The van der Waals surface area contributed by atoms with Gasteiger partial charge in [0, 0.05) is 21.7 Å². The van der Waals surface area contributed by atoms with Gasteiger partial charge < -0.3 is 10.6 Å². The van der Waals surface area contributed by atoms with E-state index < -0.39 is 0 Å². The molecule has 3 nitrogen and oxygen atoms in total. The molecule has 5 heteroatoms. The molecule has 0 aromatic heterocycles. The van der Waals surface area contributed by atoms with E-state index in [-0.39, 0.29) is 11.9 Å². The molecule has 0 saturated carbocycles. The zero-order valence-electron chi connectivity index (χ0n) is 9.89. The predicted molar refractivity (Wildman–Crippen MR) is 79.6 cm³/mol. The van der Waals surface area contributed by atoms with Crippen molar-refractivity contribution in [2.45, 2.75) is 19.9 Å². The molecule has 2 N–H and O–H groups in total. The van der Waals surface area contributed by atoms with E-state index in [1.54, 1.807) is 18.2 Å². The summed E-state index contributed by atoms with van der Waals surface area (Å²) in [5.74, 6) is -0.0654. The first-order valence-corrected chi connectivity index (χ1v) is 6.97. The quantitative estimate of drug-likeness (QED) is 0.787. The Morgan fingerprint density at radius 1 is 1.53 bits per heavy atom. The molecule has 0 saturated heterocycles. The maximum Gasteiger partial charge on any atom is 0.251 e. The lowest BCUT2D eigenvalue weighted by molar-refractivity contribution is 0.0950. The van der Waals surface area contributed by atoms with Crippen LogP contribution in [0.1, 0.15) is 24.2 Å². The van der Waals surface area contributed by atoms with Gasteiger partial charge in [-0.15, -0.1) is 0 Å². The van der Waals surface area contributed by atoms with E-state index in [1.807, 2.05) is 13.8 Å². The van der Waals surface area contributed by atoms with Crippen LogP contribution in [0.5, 0.6) is 0 Å². The Hall–Kier alpha value is -0.330. The summed E-state index contributed by atoms with van der Waals surface area (Å²) in [6.45, 7) is 5.59. The molecular weight excluding hydrogens is 351 g/mol.